The van der Waals surface area contributed by atoms with Crippen LogP contribution in [0.15, 0.2) is 88.4 Å². The topological polar surface area (TPSA) is 92.5 Å². The minimum Gasteiger partial charge on any atom is -0.497 e. The molecule has 2 N–H and O–H groups in total. The van der Waals surface area contributed by atoms with E-state index in [0.717, 1.165) is 16.4 Å². The van der Waals surface area contributed by atoms with Crippen LogP contribution >= 0.6 is 0 Å². The van der Waals surface area contributed by atoms with E-state index in [0.29, 0.717) is 28.3 Å². The summed E-state index contributed by atoms with van der Waals surface area (Å²) in [5.74, 6) is 0.962. The van der Waals surface area contributed by atoms with Gasteiger partial charge in [0, 0.05) is 10.9 Å². The molecule has 0 radical (unpaired) electrons. The Morgan fingerprint density at radius 1 is 1.03 bits per heavy atom. The first-order valence-corrected chi connectivity index (χ1v) is 9.67. The molecule has 0 saturated heterocycles. The number of methoxy groups -OCH3 is 1. The number of carbonyl (C=O) groups excluding carboxylic acids is 1. The van der Waals surface area contributed by atoms with Gasteiger partial charge in [0.05, 0.1) is 23.7 Å². The van der Waals surface area contributed by atoms with E-state index < -0.39 is 0 Å². The van der Waals surface area contributed by atoms with Crippen LogP contribution < -0.4 is 15.7 Å². The van der Waals surface area contributed by atoms with Crippen LogP contribution in [-0.2, 0) is 0 Å². The molecule has 5 aromatic rings. The maximum Gasteiger partial charge on any atom is 0.271 e. The number of aromatic nitrogens is 2. The van der Waals surface area contributed by atoms with Crippen LogP contribution in [0.1, 0.15) is 10.4 Å². The number of H-pyrrole nitrogens is 1. The van der Waals surface area contributed by atoms with Gasteiger partial charge in [0.15, 0.2) is 0 Å². The summed E-state index contributed by atoms with van der Waals surface area (Å²) in [4.78, 5) is 20.4. The molecule has 0 unspecified atom stereocenters. The smallest absolute Gasteiger partial charge is 0.271 e. The quantitative estimate of drug-likeness (QED) is 0.434. The van der Waals surface area contributed by atoms with Gasteiger partial charge in [0.2, 0.25) is 5.55 Å². The van der Waals surface area contributed by atoms with Crippen molar-refractivity contribution in [3.05, 3.63) is 90.0 Å². The monoisotopic (exact) mass is 410 g/mol. The Bertz CT molecular complexity index is 1440. The summed E-state index contributed by atoms with van der Waals surface area (Å²) in [6.45, 7) is 0. The van der Waals surface area contributed by atoms with Gasteiger partial charge in [-0.2, -0.15) is 0 Å². The summed E-state index contributed by atoms with van der Waals surface area (Å²) >= 11 is 0. The highest BCUT2D eigenvalue weighted by Gasteiger charge is 2.13. The third-order valence-electron chi connectivity index (χ3n) is 4.89. The average molecular weight is 410 g/mol. The van der Waals surface area contributed by atoms with Crippen molar-refractivity contribution < 1.29 is 13.9 Å². The fourth-order valence-electron chi connectivity index (χ4n) is 3.32. The average Bonchev–Trinajstić information content (AvgIpc) is 3.26. The van der Waals surface area contributed by atoms with Gasteiger partial charge in [-0.15, -0.1) is 5.10 Å². The molecule has 0 spiro atoms. The standard InChI is InChI=1S/C24H18N4O3/c1-30-17-11-12-21-16(13-17)14-18(22-25-19-9-5-6-10-20(19)26-22)24(31-21)28-27-23(29)15-7-3-2-4-8-15/h2-14H,1H3,(H,25,26)(H,27,29). The number of ether oxygens (including phenoxy) is 1. The molecule has 0 aliphatic rings. The molecule has 0 atom stereocenters. The van der Waals surface area contributed by atoms with E-state index in [9.17, 15) is 4.79 Å². The predicted octanol–water partition coefficient (Wildman–Crippen LogP) is 4.23. The number of benzene rings is 3. The molecule has 0 saturated carbocycles. The highest BCUT2D eigenvalue weighted by Crippen LogP contribution is 2.24. The first-order valence-electron chi connectivity index (χ1n) is 9.67. The van der Waals surface area contributed by atoms with E-state index in [1.54, 1.807) is 43.5 Å². The van der Waals surface area contributed by atoms with Gasteiger partial charge < -0.3 is 14.1 Å². The van der Waals surface area contributed by atoms with E-state index in [-0.39, 0.29) is 11.5 Å². The number of nitrogens with zero attached hydrogens (tertiary/aromatic N) is 2. The molecule has 0 aliphatic carbocycles. The van der Waals surface area contributed by atoms with Gasteiger partial charge in [-0.3, -0.25) is 4.79 Å². The zero-order valence-corrected chi connectivity index (χ0v) is 16.6. The third kappa shape index (κ3) is 3.64. The Kier molecular flexibility index (Phi) is 4.68. The van der Waals surface area contributed by atoms with E-state index >= 15 is 0 Å². The number of rotatable bonds is 4. The molecule has 3 aromatic carbocycles. The lowest BCUT2D eigenvalue weighted by atomic mass is 10.1. The molecule has 7 nitrogen and oxygen atoms in total. The fourth-order valence-corrected chi connectivity index (χ4v) is 3.32. The molecule has 152 valence electrons. The largest absolute Gasteiger partial charge is 0.497 e. The second-order valence-corrected chi connectivity index (χ2v) is 6.89. The van der Waals surface area contributed by atoms with Gasteiger partial charge in [-0.25, -0.2) is 10.4 Å². The van der Waals surface area contributed by atoms with E-state index in [1.165, 1.54) is 0 Å². The van der Waals surface area contributed by atoms with E-state index in [4.69, 9.17) is 9.15 Å². The summed E-state index contributed by atoms with van der Waals surface area (Å²) in [6, 6.07) is 24.0. The molecular weight excluding hydrogens is 392 g/mol. The Morgan fingerprint density at radius 2 is 1.84 bits per heavy atom. The van der Waals surface area contributed by atoms with Crippen molar-refractivity contribution in [3.8, 4) is 17.1 Å². The second kappa shape index (κ2) is 7.79. The Morgan fingerprint density at radius 3 is 2.65 bits per heavy atom. The van der Waals surface area contributed by atoms with Gasteiger partial charge in [0.25, 0.3) is 5.91 Å². The van der Waals surface area contributed by atoms with E-state index in [1.807, 2.05) is 42.5 Å². The van der Waals surface area contributed by atoms with Crippen LogP contribution in [0.25, 0.3) is 33.4 Å². The van der Waals surface area contributed by atoms with E-state index in [2.05, 4.69) is 20.5 Å². The second-order valence-electron chi connectivity index (χ2n) is 6.89. The summed E-state index contributed by atoms with van der Waals surface area (Å²) in [6.07, 6.45) is 0. The van der Waals surface area contributed by atoms with Crippen LogP contribution in [-0.4, -0.2) is 23.0 Å². The van der Waals surface area contributed by atoms with Gasteiger partial charge in [-0.1, -0.05) is 30.3 Å². The molecule has 2 aromatic heterocycles. The lowest BCUT2D eigenvalue weighted by Gasteiger charge is -2.05. The van der Waals surface area contributed by atoms with Crippen molar-refractivity contribution in [1.82, 2.24) is 15.4 Å². The number of carbonyl (C=O) groups is 1. The number of hydrogen-bond donors (Lipinski definition) is 2. The summed E-state index contributed by atoms with van der Waals surface area (Å²) in [5.41, 5.74) is 6.25. The molecule has 0 bridgehead atoms. The summed E-state index contributed by atoms with van der Waals surface area (Å²) in [7, 11) is 1.61. The maximum absolute atomic E-state index is 12.5. The number of hydrogen-bond acceptors (Lipinski definition) is 5. The molecular formula is C24H18N4O3. The summed E-state index contributed by atoms with van der Waals surface area (Å²) in [5, 5.41) is 5.09. The van der Waals surface area contributed by atoms with Crippen molar-refractivity contribution in [1.29, 1.82) is 0 Å². The number of fused-ring (bicyclic) bond motifs is 2. The number of imidazole rings is 1. The van der Waals surface area contributed by atoms with Crippen LogP contribution in [0.5, 0.6) is 5.75 Å². The number of para-hydroxylation sites is 2. The lowest BCUT2D eigenvalue weighted by molar-refractivity contribution is 0.0951. The molecule has 0 fully saturated rings. The first kappa shape index (κ1) is 18.6. The molecule has 7 heteroatoms. The molecule has 2 heterocycles. The van der Waals surface area contributed by atoms with Crippen LogP contribution in [0, 0.1) is 0 Å². The predicted molar refractivity (Wildman–Crippen MR) is 117 cm³/mol. The van der Waals surface area contributed by atoms with Gasteiger partial charge in [-0.05, 0) is 48.5 Å². The van der Waals surface area contributed by atoms with Gasteiger partial charge >= 0.3 is 0 Å². The number of nitrogens with one attached hydrogen (secondary N) is 2. The third-order valence-corrected chi connectivity index (χ3v) is 4.89. The highest BCUT2D eigenvalue weighted by molar-refractivity contribution is 5.93. The first-order chi connectivity index (χ1) is 15.2. The lowest BCUT2D eigenvalue weighted by Crippen LogP contribution is -2.22. The van der Waals surface area contributed by atoms with Gasteiger partial charge in [0.1, 0.15) is 17.2 Å². The molecule has 31 heavy (non-hydrogen) atoms. The summed E-state index contributed by atoms with van der Waals surface area (Å²) < 4.78 is 11.4. The normalized spacial score (nSPS) is 11.7. The van der Waals surface area contributed by atoms with Crippen molar-refractivity contribution in [2.24, 2.45) is 5.10 Å². The number of aromatic amines is 1. The van der Waals surface area contributed by atoms with Crippen LogP contribution in [0.3, 0.4) is 0 Å². The van der Waals surface area contributed by atoms with Crippen molar-refractivity contribution in [2.75, 3.05) is 7.11 Å². The molecule has 5 rings (SSSR count). The molecule has 0 aliphatic heterocycles. The number of amides is 1. The van der Waals surface area contributed by atoms with Crippen molar-refractivity contribution >= 4 is 27.9 Å². The minimum atomic E-state index is -0.332. The fraction of sp³-hybridized carbons (Fsp3) is 0.0417. The maximum atomic E-state index is 12.5. The van der Waals surface area contributed by atoms with Crippen LogP contribution in [0.2, 0.25) is 0 Å². The Labute approximate surface area is 177 Å². The zero-order valence-electron chi connectivity index (χ0n) is 16.6. The Hall–Kier alpha value is -4.39. The van der Waals surface area contributed by atoms with Crippen LogP contribution in [0.4, 0.5) is 0 Å². The highest BCUT2D eigenvalue weighted by atomic mass is 16.5. The van der Waals surface area contributed by atoms with Crippen molar-refractivity contribution in [3.63, 3.8) is 0 Å². The SMILES string of the molecule is COc1ccc2oc(=NNC(=O)c3ccccc3)c(-c3nc4ccccc4[nH]3)cc2c1. The van der Waals surface area contributed by atoms with Crippen molar-refractivity contribution in [2.45, 2.75) is 0 Å². The molecule has 1 amide bonds. The Balaban J connectivity index is 1.66. The zero-order chi connectivity index (χ0) is 21.2. The minimum absolute atomic E-state index is 0.237.